The van der Waals surface area contributed by atoms with E-state index in [-0.39, 0.29) is 30.1 Å². The van der Waals surface area contributed by atoms with Gasteiger partial charge in [-0.1, -0.05) is 12.1 Å². The molecule has 0 N–H and O–H groups in total. The van der Waals surface area contributed by atoms with E-state index in [9.17, 15) is 9.18 Å². The lowest BCUT2D eigenvalue weighted by Crippen LogP contribution is -2.22. The van der Waals surface area contributed by atoms with Crippen molar-refractivity contribution in [2.45, 2.75) is 39.9 Å². The third kappa shape index (κ3) is 4.13. The predicted molar refractivity (Wildman–Crippen MR) is 113 cm³/mol. The summed E-state index contributed by atoms with van der Waals surface area (Å²) in [5.41, 5.74) is 4.59. The molecule has 31 heavy (non-hydrogen) atoms. The van der Waals surface area contributed by atoms with Crippen molar-refractivity contribution < 1.29 is 18.7 Å². The van der Waals surface area contributed by atoms with Gasteiger partial charge in [0.1, 0.15) is 18.5 Å². The molecular weight excluding hydrogens is 395 g/mol. The minimum atomic E-state index is -0.601. The van der Waals surface area contributed by atoms with Crippen molar-refractivity contribution in [3.05, 3.63) is 87.5 Å². The van der Waals surface area contributed by atoms with E-state index in [1.807, 2.05) is 26.0 Å². The van der Waals surface area contributed by atoms with Gasteiger partial charge < -0.3 is 9.47 Å². The molecule has 0 fully saturated rings. The molecule has 3 aromatic rings. The highest BCUT2D eigenvalue weighted by molar-refractivity contribution is 6.00. The van der Waals surface area contributed by atoms with Crippen molar-refractivity contribution in [1.82, 2.24) is 4.98 Å². The number of nitriles is 1. The summed E-state index contributed by atoms with van der Waals surface area (Å²) in [4.78, 5) is 17.1. The van der Waals surface area contributed by atoms with E-state index < -0.39 is 11.9 Å². The number of aromatic nitrogens is 1. The van der Waals surface area contributed by atoms with Gasteiger partial charge in [-0.15, -0.1) is 0 Å². The molecule has 1 aliphatic heterocycles. The third-order valence-corrected chi connectivity index (χ3v) is 5.29. The molecule has 0 amide bonds. The van der Waals surface area contributed by atoms with Crippen LogP contribution in [0.3, 0.4) is 0 Å². The lowest BCUT2D eigenvalue weighted by Gasteiger charge is -2.28. The van der Waals surface area contributed by atoms with E-state index in [0.717, 1.165) is 22.5 Å². The number of aryl methyl sites for hydroxylation is 2. The van der Waals surface area contributed by atoms with Crippen LogP contribution in [0, 0.1) is 37.9 Å². The van der Waals surface area contributed by atoms with Crippen molar-refractivity contribution in [3.63, 3.8) is 0 Å². The fraction of sp³-hybridized carbons (Fsp3) is 0.240. The topological polar surface area (TPSA) is 72.2 Å². The van der Waals surface area contributed by atoms with Crippen molar-refractivity contribution in [1.29, 1.82) is 5.26 Å². The summed E-state index contributed by atoms with van der Waals surface area (Å²) < 4.78 is 26.7. The number of Topliss-reactive ketones (excluding diaryl/α,β-unsaturated/α-hetero) is 1. The molecule has 0 spiro atoms. The molecule has 1 aromatic heterocycles. The normalized spacial score (nSPS) is 15.1. The number of ether oxygens (including phenoxy) is 2. The standard InChI is InChI=1S/C25H21FN2O3/c1-14-8-19(9-15(2)28-14)23-11-22(29)20-10-21(26)25(16(3)24(20)31-23)30-13-18-6-4-17(12-27)5-7-18/h4-10,23H,11,13H2,1-3H3. The SMILES string of the molecule is Cc1cc(C2CC(=O)c3cc(F)c(OCc4ccc(C#N)cc4)c(C)c3O2)cc(C)n1. The van der Waals surface area contributed by atoms with Crippen LogP contribution in [0.25, 0.3) is 0 Å². The average Bonchev–Trinajstić information content (AvgIpc) is 2.74. The highest BCUT2D eigenvalue weighted by Gasteiger charge is 2.32. The Hall–Kier alpha value is -3.72. The minimum Gasteiger partial charge on any atom is -0.485 e. The van der Waals surface area contributed by atoms with E-state index in [0.29, 0.717) is 16.9 Å². The number of ketones is 1. The zero-order valence-corrected chi connectivity index (χ0v) is 17.5. The van der Waals surface area contributed by atoms with E-state index >= 15 is 0 Å². The van der Waals surface area contributed by atoms with Crippen LogP contribution in [0.15, 0.2) is 42.5 Å². The Bertz CT molecular complexity index is 1190. The monoisotopic (exact) mass is 416 g/mol. The molecular formula is C25H21FN2O3. The van der Waals surface area contributed by atoms with E-state index in [2.05, 4.69) is 11.1 Å². The van der Waals surface area contributed by atoms with Crippen LogP contribution in [0.5, 0.6) is 11.5 Å². The second-order valence-electron chi connectivity index (χ2n) is 7.70. The second-order valence-corrected chi connectivity index (χ2v) is 7.70. The molecule has 4 rings (SSSR count). The van der Waals surface area contributed by atoms with Gasteiger partial charge in [0.15, 0.2) is 17.3 Å². The maximum Gasteiger partial charge on any atom is 0.170 e. The number of fused-ring (bicyclic) bond motifs is 1. The molecule has 1 aliphatic rings. The third-order valence-electron chi connectivity index (χ3n) is 5.29. The molecule has 0 saturated heterocycles. The van der Waals surface area contributed by atoms with Gasteiger partial charge in [0, 0.05) is 17.0 Å². The summed E-state index contributed by atoms with van der Waals surface area (Å²) in [6.07, 6.45) is -0.323. The summed E-state index contributed by atoms with van der Waals surface area (Å²) in [5.74, 6) is -0.363. The van der Waals surface area contributed by atoms with Gasteiger partial charge in [0.25, 0.3) is 0 Å². The Morgan fingerprint density at radius 3 is 2.48 bits per heavy atom. The molecule has 0 aliphatic carbocycles. The van der Waals surface area contributed by atoms with Gasteiger partial charge in [-0.3, -0.25) is 9.78 Å². The number of pyridine rings is 1. The van der Waals surface area contributed by atoms with Gasteiger partial charge in [-0.25, -0.2) is 4.39 Å². The largest absolute Gasteiger partial charge is 0.485 e. The van der Waals surface area contributed by atoms with Crippen LogP contribution >= 0.6 is 0 Å². The minimum absolute atomic E-state index is 0.0543. The first-order valence-corrected chi connectivity index (χ1v) is 9.95. The van der Waals surface area contributed by atoms with Crippen LogP contribution < -0.4 is 9.47 Å². The van der Waals surface area contributed by atoms with Gasteiger partial charge in [-0.2, -0.15) is 5.26 Å². The number of carbonyl (C=O) groups is 1. The summed E-state index contributed by atoms with van der Waals surface area (Å²) >= 11 is 0. The molecule has 0 saturated carbocycles. The van der Waals surface area contributed by atoms with Gasteiger partial charge >= 0.3 is 0 Å². The molecule has 2 aromatic carbocycles. The van der Waals surface area contributed by atoms with E-state index in [4.69, 9.17) is 14.7 Å². The fourth-order valence-electron chi connectivity index (χ4n) is 3.81. The Labute approximate surface area is 180 Å². The smallest absolute Gasteiger partial charge is 0.170 e. The van der Waals surface area contributed by atoms with Crippen molar-refractivity contribution >= 4 is 5.78 Å². The number of carbonyl (C=O) groups excluding carboxylic acids is 1. The van der Waals surface area contributed by atoms with Crippen molar-refractivity contribution in [2.75, 3.05) is 0 Å². The highest BCUT2D eigenvalue weighted by atomic mass is 19.1. The predicted octanol–water partition coefficient (Wildman–Crippen LogP) is 5.30. The Kier molecular flexibility index (Phi) is 5.43. The first-order chi connectivity index (χ1) is 14.9. The number of nitrogens with zero attached hydrogens (tertiary/aromatic N) is 2. The molecule has 1 atom stereocenters. The summed E-state index contributed by atoms with van der Waals surface area (Å²) in [5, 5.41) is 8.90. The zero-order valence-electron chi connectivity index (χ0n) is 17.5. The van der Waals surface area contributed by atoms with Gasteiger partial charge in [0.05, 0.1) is 23.6 Å². The maximum absolute atomic E-state index is 14.8. The number of hydrogen-bond donors (Lipinski definition) is 0. The van der Waals surface area contributed by atoms with Crippen LogP contribution in [0.4, 0.5) is 4.39 Å². The van der Waals surface area contributed by atoms with Gasteiger partial charge in [0.2, 0.25) is 0 Å². The number of hydrogen-bond acceptors (Lipinski definition) is 5. The van der Waals surface area contributed by atoms with Crippen LogP contribution in [-0.2, 0) is 6.61 Å². The van der Waals surface area contributed by atoms with Crippen LogP contribution in [0.2, 0.25) is 0 Å². The molecule has 5 nitrogen and oxygen atoms in total. The second kappa shape index (κ2) is 8.19. The fourth-order valence-corrected chi connectivity index (χ4v) is 3.81. The first-order valence-electron chi connectivity index (χ1n) is 9.95. The van der Waals surface area contributed by atoms with Crippen LogP contribution in [0.1, 0.15) is 56.5 Å². The molecule has 6 heteroatoms. The lowest BCUT2D eigenvalue weighted by molar-refractivity contribution is 0.0845. The van der Waals surface area contributed by atoms with E-state index in [1.165, 1.54) is 6.07 Å². The Morgan fingerprint density at radius 2 is 1.84 bits per heavy atom. The number of benzene rings is 2. The maximum atomic E-state index is 14.8. The lowest BCUT2D eigenvalue weighted by atomic mass is 9.94. The number of halogens is 1. The zero-order chi connectivity index (χ0) is 22.1. The first kappa shape index (κ1) is 20.5. The quantitative estimate of drug-likeness (QED) is 0.577. The highest BCUT2D eigenvalue weighted by Crippen LogP contribution is 2.42. The molecule has 156 valence electrons. The number of rotatable bonds is 4. The molecule has 1 unspecified atom stereocenters. The van der Waals surface area contributed by atoms with Crippen molar-refractivity contribution in [2.24, 2.45) is 0 Å². The average molecular weight is 416 g/mol. The molecule has 2 heterocycles. The Morgan fingerprint density at radius 1 is 1.16 bits per heavy atom. The summed E-state index contributed by atoms with van der Waals surface area (Å²) in [6, 6.07) is 13.9. The van der Waals surface area contributed by atoms with Crippen LogP contribution in [-0.4, -0.2) is 10.8 Å². The van der Waals surface area contributed by atoms with E-state index in [1.54, 1.807) is 31.2 Å². The molecule has 0 radical (unpaired) electrons. The molecule has 0 bridgehead atoms. The summed E-state index contributed by atoms with van der Waals surface area (Å²) in [7, 11) is 0. The summed E-state index contributed by atoms with van der Waals surface area (Å²) in [6.45, 7) is 5.60. The Balaban J connectivity index is 1.63. The van der Waals surface area contributed by atoms with Crippen molar-refractivity contribution in [3.8, 4) is 17.6 Å². The van der Waals surface area contributed by atoms with Gasteiger partial charge in [-0.05, 0) is 62.2 Å².